The van der Waals surface area contributed by atoms with Crippen molar-refractivity contribution in [2.75, 3.05) is 17.8 Å². The minimum atomic E-state index is -3.70. The lowest BCUT2D eigenvalue weighted by Gasteiger charge is -2.12. The number of aromatic nitrogens is 2. The van der Waals surface area contributed by atoms with Crippen molar-refractivity contribution in [2.45, 2.75) is 50.0 Å². The van der Waals surface area contributed by atoms with Crippen LogP contribution in [0.5, 0.6) is 0 Å². The molecular weight excluding hydrogens is 516 g/mol. The first kappa shape index (κ1) is 27.9. The zero-order valence-electron chi connectivity index (χ0n) is 21.5. The fraction of sp³-hybridized carbons (Fsp3) is 0.310. The summed E-state index contributed by atoms with van der Waals surface area (Å²) in [5.74, 6) is 0. The Morgan fingerprint density at radius 3 is 2.50 bits per heavy atom. The van der Waals surface area contributed by atoms with Crippen molar-refractivity contribution >= 4 is 27.0 Å². The van der Waals surface area contributed by atoms with E-state index in [1.807, 2.05) is 30.3 Å². The van der Waals surface area contributed by atoms with Crippen molar-refractivity contribution in [1.29, 1.82) is 0 Å². The molecule has 4 aromatic rings. The lowest BCUT2D eigenvalue weighted by atomic mass is 10.1. The molecule has 0 amide bonds. The zero-order valence-corrected chi connectivity index (χ0v) is 23.1. The second kappa shape index (κ2) is 13.6. The molecule has 9 heteroatoms. The van der Waals surface area contributed by atoms with E-state index in [1.165, 1.54) is 12.8 Å². The van der Waals surface area contributed by atoms with E-state index < -0.39 is 16.1 Å². The third-order valence-corrected chi connectivity index (χ3v) is 8.54. The summed E-state index contributed by atoms with van der Waals surface area (Å²) >= 11 is 1.59. The molecule has 0 saturated heterocycles. The number of rotatable bonds is 14. The molecule has 1 unspecified atom stereocenters. The maximum absolute atomic E-state index is 12.9. The Hall–Kier alpha value is -3.11. The second-order valence-electron chi connectivity index (χ2n) is 9.18. The molecule has 2 heterocycles. The van der Waals surface area contributed by atoms with E-state index in [0.717, 1.165) is 46.7 Å². The number of thiazole rings is 1. The van der Waals surface area contributed by atoms with Gasteiger partial charge in [0.2, 0.25) is 0 Å². The standard InChI is InChI=1S/C29H34N4O3S2/c1-2-3-4-7-26-21-37-29(32-26)23-10-14-27(15-11-23)38(35,36)33-25-12-8-22(9-13-25)16-18-31-20-28(34)24-6-5-17-30-19-24/h5-6,8-15,17,19,21,28,31,33-34H,2-4,7,16,18,20H2,1H3. The first-order valence-corrected chi connectivity index (χ1v) is 15.3. The third kappa shape index (κ3) is 7.94. The number of aryl methyl sites for hydroxylation is 1. The first-order valence-electron chi connectivity index (χ1n) is 12.9. The van der Waals surface area contributed by atoms with Crippen LogP contribution in [0.1, 0.15) is 49.1 Å². The van der Waals surface area contributed by atoms with Crippen LogP contribution >= 0.6 is 11.3 Å². The zero-order chi connectivity index (χ0) is 26.8. The molecule has 2 aromatic heterocycles. The number of anilines is 1. The summed E-state index contributed by atoms with van der Waals surface area (Å²) in [5.41, 5.74) is 4.37. The van der Waals surface area contributed by atoms with Crippen molar-refractivity contribution < 1.29 is 13.5 Å². The van der Waals surface area contributed by atoms with Gasteiger partial charge >= 0.3 is 0 Å². The molecule has 0 saturated carbocycles. The number of unbranched alkanes of at least 4 members (excludes halogenated alkanes) is 2. The van der Waals surface area contributed by atoms with Crippen LogP contribution in [-0.4, -0.2) is 36.6 Å². The molecule has 0 fully saturated rings. The molecule has 0 radical (unpaired) electrons. The van der Waals surface area contributed by atoms with E-state index >= 15 is 0 Å². The Bertz CT molecular complexity index is 1370. The Morgan fingerprint density at radius 1 is 1.00 bits per heavy atom. The van der Waals surface area contributed by atoms with Crippen molar-refractivity contribution in [2.24, 2.45) is 0 Å². The van der Waals surface area contributed by atoms with Gasteiger partial charge in [-0.2, -0.15) is 0 Å². The monoisotopic (exact) mass is 550 g/mol. The van der Waals surface area contributed by atoms with E-state index in [1.54, 1.807) is 54.1 Å². The molecule has 38 heavy (non-hydrogen) atoms. The summed E-state index contributed by atoms with van der Waals surface area (Å²) in [7, 11) is -3.70. The summed E-state index contributed by atoms with van der Waals surface area (Å²) in [4.78, 5) is 8.94. The van der Waals surface area contributed by atoms with Gasteiger partial charge < -0.3 is 10.4 Å². The number of benzene rings is 2. The number of aliphatic hydroxyl groups excluding tert-OH is 1. The summed E-state index contributed by atoms with van der Waals surface area (Å²) in [6, 6.07) is 17.8. The normalized spacial score (nSPS) is 12.4. The number of aliphatic hydroxyl groups is 1. The van der Waals surface area contributed by atoms with Crippen LogP contribution in [0, 0.1) is 0 Å². The quantitative estimate of drug-likeness (QED) is 0.177. The highest BCUT2D eigenvalue weighted by molar-refractivity contribution is 7.92. The first-order chi connectivity index (χ1) is 18.4. The summed E-state index contributed by atoms with van der Waals surface area (Å²) < 4.78 is 28.5. The van der Waals surface area contributed by atoms with Gasteiger partial charge in [0.25, 0.3) is 10.0 Å². The van der Waals surface area contributed by atoms with Crippen molar-refractivity contribution in [3.05, 3.63) is 95.3 Å². The minimum Gasteiger partial charge on any atom is -0.387 e. The molecule has 3 N–H and O–H groups in total. The molecule has 1 atom stereocenters. The molecular formula is C29H34N4O3S2. The molecule has 0 bridgehead atoms. The van der Waals surface area contributed by atoms with Gasteiger partial charge in [0, 0.05) is 41.1 Å². The molecule has 0 aliphatic carbocycles. The van der Waals surface area contributed by atoms with Gasteiger partial charge in [-0.25, -0.2) is 13.4 Å². The summed E-state index contributed by atoms with van der Waals surface area (Å²) in [6.07, 6.45) is 7.98. The smallest absolute Gasteiger partial charge is 0.261 e. The number of nitrogens with one attached hydrogen (secondary N) is 2. The number of hydrogen-bond donors (Lipinski definition) is 3. The largest absolute Gasteiger partial charge is 0.387 e. The van der Waals surface area contributed by atoms with E-state index in [-0.39, 0.29) is 4.90 Å². The van der Waals surface area contributed by atoms with Gasteiger partial charge in [-0.3, -0.25) is 9.71 Å². The predicted octanol–water partition coefficient (Wildman–Crippen LogP) is 5.60. The Balaban J connectivity index is 1.27. The minimum absolute atomic E-state index is 0.210. The fourth-order valence-electron chi connectivity index (χ4n) is 4.00. The van der Waals surface area contributed by atoms with E-state index in [4.69, 9.17) is 4.98 Å². The van der Waals surface area contributed by atoms with Crippen LogP contribution in [0.25, 0.3) is 10.6 Å². The average Bonchev–Trinajstić information content (AvgIpc) is 3.41. The SMILES string of the molecule is CCCCCc1csc(-c2ccc(S(=O)(=O)Nc3ccc(CCNCC(O)c4cccnc4)cc3)cc2)n1. The van der Waals surface area contributed by atoms with Crippen molar-refractivity contribution in [1.82, 2.24) is 15.3 Å². The van der Waals surface area contributed by atoms with Gasteiger partial charge in [0.05, 0.1) is 16.7 Å². The van der Waals surface area contributed by atoms with E-state index in [0.29, 0.717) is 18.8 Å². The van der Waals surface area contributed by atoms with Gasteiger partial charge in [-0.05, 0) is 61.7 Å². The third-order valence-electron chi connectivity index (χ3n) is 6.20. The summed E-state index contributed by atoms with van der Waals surface area (Å²) in [5, 5.41) is 16.4. The number of pyridine rings is 1. The molecule has 0 aliphatic rings. The van der Waals surface area contributed by atoms with Crippen LogP contribution in [0.4, 0.5) is 5.69 Å². The number of nitrogens with zero attached hydrogens (tertiary/aromatic N) is 2. The number of hydrogen-bond acceptors (Lipinski definition) is 7. The molecule has 2 aromatic carbocycles. The summed E-state index contributed by atoms with van der Waals surface area (Å²) in [6.45, 7) is 3.31. The van der Waals surface area contributed by atoms with Gasteiger partial charge in [0.1, 0.15) is 5.01 Å². The van der Waals surface area contributed by atoms with Gasteiger partial charge in [-0.15, -0.1) is 11.3 Å². The Morgan fingerprint density at radius 2 is 1.79 bits per heavy atom. The van der Waals surface area contributed by atoms with Crippen LogP contribution < -0.4 is 10.0 Å². The highest BCUT2D eigenvalue weighted by Crippen LogP contribution is 2.26. The number of sulfonamides is 1. The predicted molar refractivity (Wildman–Crippen MR) is 154 cm³/mol. The van der Waals surface area contributed by atoms with Gasteiger partial charge in [0.15, 0.2) is 0 Å². The van der Waals surface area contributed by atoms with Crippen molar-refractivity contribution in [3.63, 3.8) is 0 Å². The van der Waals surface area contributed by atoms with Crippen LogP contribution in [0.2, 0.25) is 0 Å². The highest BCUT2D eigenvalue weighted by atomic mass is 32.2. The molecule has 0 aliphatic heterocycles. The van der Waals surface area contributed by atoms with E-state index in [9.17, 15) is 13.5 Å². The topological polar surface area (TPSA) is 104 Å². The van der Waals surface area contributed by atoms with Gasteiger partial charge in [-0.1, -0.05) is 50.1 Å². The molecule has 200 valence electrons. The molecule has 7 nitrogen and oxygen atoms in total. The lowest BCUT2D eigenvalue weighted by molar-refractivity contribution is 0.174. The Kier molecular flexibility index (Phi) is 10.0. The molecule has 0 spiro atoms. The van der Waals surface area contributed by atoms with Crippen LogP contribution in [-0.2, 0) is 22.9 Å². The van der Waals surface area contributed by atoms with E-state index in [2.05, 4.69) is 27.3 Å². The average molecular weight is 551 g/mol. The van der Waals surface area contributed by atoms with Crippen LogP contribution in [0.15, 0.2) is 83.3 Å². The fourth-order valence-corrected chi connectivity index (χ4v) is 5.92. The molecule has 4 rings (SSSR count). The van der Waals surface area contributed by atoms with Crippen LogP contribution in [0.3, 0.4) is 0 Å². The maximum atomic E-state index is 12.9. The highest BCUT2D eigenvalue weighted by Gasteiger charge is 2.15. The lowest BCUT2D eigenvalue weighted by Crippen LogP contribution is -2.23. The second-order valence-corrected chi connectivity index (χ2v) is 11.7. The Labute approximate surface area is 229 Å². The maximum Gasteiger partial charge on any atom is 0.261 e. The van der Waals surface area contributed by atoms with Crippen molar-refractivity contribution in [3.8, 4) is 10.6 Å².